The maximum absolute atomic E-state index is 11.3. The lowest BCUT2D eigenvalue weighted by atomic mass is 9.98. The third kappa shape index (κ3) is 3.40. The molecular weight excluding hydrogens is 266 g/mol. The molecule has 0 spiro atoms. The largest absolute Gasteiger partial charge is 0.477 e. The molecule has 2 rings (SSSR count). The number of ether oxygens (including phenoxy) is 1. The Kier molecular flexibility index (Phi) is 4.58. The number of nitrogens with zero attached hydrogens (tertiary/aromatic N) is 1. The molecule has 4 nitrogen and oxygen atoms in total. The van der Waals surface area contributed by atoms with E-state index in [2.05, 4.69) is 18.8 Å². The van der Waals surface area contributed by atoms with Crippen molar-refractivity contribution >= 4 is 5.97 Å². The summed E-state index contributed by atoms with van der Waals surface area (Å²) in [5.74, 6) is 0.0866. The van der Waals surface area contributed by atoms with E-state index < -0.39 is 5.97 Å². The number of rotatable bonds is 5. The number of para-hydroxylation sites is 1. The Hall–Kier alpha value is -2.36. The van der Waals surface area contributed by atoms with Gasteiger partial charge in [0, 0.05) is 5.69 Å². The Balaban J connectivity index is 2.43. The van der Waals surface area contributed by atoms with E-state index in [0.717, 1.165) is 17.7 Å². The van der Waals surface area contributed by atoms with Crippen molar-refractivity contribution < 1.29 is 14.6 Å². The molecule has 1 aromatic heterocycles. The lowest BCUT2D eigenvalue weighted by Gasteiger charge is -2.16. The second-order valence-electron chi connectivity index (χ2n) is 5.06. The van der Waals surface area contributed by atoms with Gasteiger partial charge in [0.2, 0.25) is 5.88 Å². The van der Waals surface area contributed by atoms with Crippen LogP contribution in [0.1, 0.15) is 47.8 Å². The van der Waals surface area contributed by atoms with Gasteiger partial charge in [0.25, 0.3) is 0 Å². The zero-order valence-corrected chi connectivity index (χ0v) is 12.5. The first-order chi connectivity index (χ1) is 10.0. The fourth-order valence-corrected chi connectivity index (χ4v) is 2.08. The first-order valence-corrected chi connectivity index (χ1v) is 7.00. The molecule has 2 aromatic rings. The minimum absolute atomic E-state index is 0.0690. The molecule has 0 aliphatic carbocycles. The van der Waals surface area contributed by atoms with Crippen molar-refractivity contribution in [1.82, 2.24) is 4.98 Å². The highest BCUT2D eigenvalue weighted by Gasteiger charge is 2.16. The van der Waals surface area contributed by atoms with E-state index in [4.69, 9.17) is 4.74 Å². The van der Waals surface area contributed by atoms with Crippen LogP contribution in [0.4, 0.5) is 0 Å². The monoisotopic (exact) mass is 285 g/mol. The highest BCUT2D eigenvalue weighted by molar-refractivity contribution is 5.90. The van der Waals surface area contributed by atoms with Gasteiger partial charge < -0.3 is 9.84 Å². The van der Waals surface area contributed by atoms with Crippen molar-refractivity contribution in [2.45, 2.75) is 33.1 Å². The number of aryl methyl sites for hydroxylation is 1. The van der Waals surface area contributed by atoms with Gasteiger partial charge in [0.05, 0.1) is 0 Å². The van der Waals surface area contributed by atoms with Crippen LogP contribution in [0.5, 0.6) is 11.6 Å². The predicted molar refractivity (Wildman–Crippen MR) is 81.2 cm³/mol. The normalized spacial score (nSPS) is 12.0. The van der Waals surface area contributed by atoms with E-state index >= 15 is 0 Å². The van der Waals surface area contributed by atoms with Crippen molar-refractivity contribution in [1.29, 1.82) is 0 Å². The predicted octanol–water partition coefficient (Wildman–Crippen LogP) is 4.39. The summed E-state index contributed by atoms with van der Waals surface area (Å²) in [6.07, 6.45) is 0.980. The molecule has 21 heavy (non-hydrogen) atoms. The molecule has 0 saturated heterocycles. The van der Waals surface area contributed by atoms with Crippen LogP contribution in [0.15, 0.2) is 36.4 Å². The van der Waals surface area contributed by atoms with Crippen molar-refractivity contribution in [2.24, 2.45) is 0 Å². The number of carboxylic acid groups (broad SMARTS) is 1. The molecule has 0 amide bonds. The van der Waals surface area contributed by atoms with Crippen LogP contribution in [-0.4, -0.2) is 16.1 Å². The van der Waals surface area contributed by atoms with Gasteiger partial charge in [-0.25, -0.2) is 9.78 Å². The third-order valence-electron chi connectivity index (χ3n) is 3.50. The van der Waals surface area contributed by atoms with Crippen molar-refractivity contribution in [3.05, 3.63) is 53.2 Å². The lowest BCUT2D eigenvalue weighted by Crippen LogP contribution is -2.04. The van der Waals surface area contributed by atoms with E-state index in [0.29, 0.717) is 11.7 Å². The van der Waals surface area contributed by atoms with E-state index in [9.17, 15) is 9.90 Å². The summed E-state index contributed by atoms with van der Waals surface area (Å²) in [6, 6.07) is 10.9. The zero-order chi connectivity index (χ0) is 15.4. The SMILES string of the molecule is CCC(C)c1ccccc1Oc1nc(C)ccc1C(=O)O. The van der Waals surface area contributed by atoms with Crippen molar-refractivity contribution in [3.63, 3.8) is 0 Å². The van der Waals surface area contributed by atoms with E-state index in [1.54, 1.807) is 13.0 Å². The molecule has 0 saturated carbocycles. The maximum atomic E-state index is 11.3. The molecule has 0 aliphatic rings. The van der Waals surface area contributed by atoms with Gasteiger partial charge >= 0.3 is 5.97 Å². The van der Waals surface area contributed by atoms with Crippen LogP contribution in [0.25, 0.3) is 0 Å². The summed E-state index contributed by atoms with van der Waals surface area (Å²) in [5, 5.41) is 9.24. The van der Waals surface area contributed by atoms with Gasteiger partial charge in [-0.15, -0.1) is 0 Å². The Labute approximate surface area is 124 Å². The third-order valence-corrected chi connectivity index (χ3v) is 3.50. The average Bonchev–Trinajstić information content (AvgIpc) is 2.47. The summed E-state index contributed by atoms with van der Waals surface area (Å²) in [7, 11) is 0. The molecule has 0 aliphatic heterocycles. The second kappa shape index (κ2) is 6.39. The Bertz CT molecular complexity index is 652. The fraction of sp³-hybridized carbons (Fsp3) is 0.294. The van der Waals surface area contributed by atoms with Gasteiger partial charge in [0.1, 0.15) is 11.3 Å². The molecule has 4 heteroatoms. The molecule has 0 fully saturated rings. The van der Waals surface area contributed by atoms with Gasteiger partial charge in [-0.3, -0.25) is 0 Å². The number of carbonyl (C=O) groups is 1. The van der Waals surface area contributed by atoms with Crippen LogP contribution in [0.3, 0.4) is 0 Å². The Morgan fingerprint density at radius 1 is 1.29 bits per heavy atom. The van der Waals surface area contributed by atoms with Gasteiger partial charge in [-0.1, -0.05) is 32.0 Å². The first kappa shape index (κ1) is 15.0. The fourth-order valence-electron chi connectivity index (χ4n) is 2.08. The summed E-state index contributed by atoms with van der Waals surface area (Å²) in [5.41, 5.74) is 1.84. The number of aromatic carboxylic acids is 1. The standard InChI is InChI=1S/C17H19NO3/c1-4-11(2)13-7-5-6-8-15(13)21-16-14(17(19)20)10-9-12(3)18-16/h5-11H,4H2,1-3H3,(H,19,20). The number of benzene rings is 1. The highest BCUT2D eigenvalue weighted by atomic mass is 16.5. The summed E-state index contributed by atoms with van der Waals surface area (Å²) < 4.78 is 5.81. The topological polar surface area (TPSA) is 59.4 Å². The quantitative estimate of drug-likeness (QED) is 0.884. The van der Waals surface area contributed by atoms with E-state index in [-0.39, 0.29) is 11.4 Å². The van der Waals surface area contributed by atoms with E-state index in [1.165, 1.54) is 6.07 Å². The molecular formula is C17H19NO3. The first-order valence-electron chi connectivity index (χ1n) is 7.00. The summed E-state index contributed by atoms with van der Waals surface area (Å²) >= 11 is 0. The number of hydrogen-bond donors (Lipinski definition) is 1. The maximum Gasteiger partial charge on any atom is 0.341 e. The molecule has 1 heterocycles. The zero-order valence-electron chi connectivity index (χ0n) is 12.5. The summed E-state index contributed by atoms with van der Waals surface area (Å²) in [6.45, 7) is 6.03. The van der Waals surface area contributed by atoms with Crippen molar-refractivity contribution in [2.75, 3.05) is 0 Å². The van der Waals surface area contributed by atoms with Crippen LogP contribution in [0.2, 0.25) is 0 Å². The molecule has 1 N–H and O–H groups in total. The van der Waals surface area contributed by atoms with Crippen LogP contribution >= 0.6 is 0 Å². The molecule has 0 radical (unpaired) electrons. The number of aromatic nitrogens is 1. The molecule has 110 valence electrons. The van der Waals surface area contributed by atoms with Crippen LogP contribution in [-0.2, 0) is 0 Å². The average molecular weight is 285 g/mol. The Morgan fingerprint density at radius 3 is 2.67 bits per heavy atom. The minimum atomic E-state index is -1.04. The van der Waals surface area contributed by atoms with Crippen LogP contribution in [0, 0.1) is 6.92 Å². The molecule has 0 bridgehead atoms. The smallest absolute Gasteiger partial charge is 0.341 e. The molecule has 1 atom stereocenters. The number of hydrogen-bond acceptors (Lipinski definition) is 3. The minimum Gasteiger partial charge on any atom is -0.477 e. The van der Waals surface area contributed by atoms with Gasteiger partial charge in [0.15, 0.2) is 0 Å². The van der Waals surface area contributed by atoms with Gasteiger partial charge in [-0.05, 0) is 43.0 Å². The highest BCUT2D eigenvalue weighted by Crippen LogP contribution is 2.32. The van der Waals surface area contributed by atoms with Crippen molar-refractivity contribution in [3.8, 4) is 11.6 Å². The molecule has 1 unspecified atom stereocenters. The second-order valence-corrected chi connectivity index (χ2v) is 5.06. The molecule has 1 aromatic carbocycles. The lowest BCUT2D eigenvalue weighted by molar-refractivity contribution is 0.0693. The van der Waals surface area contributed by atoms with E-state index in [1.807, 2.05) is 24.3 Å². The van der Waals surface area contributed by atoms with Gasteiger partial charge in [-0.2, -0.15) is 0 Å². The summed E-state index contributed by atoms with van der Waals surface area (Å²) in [4.78, 5) is 15.5. The Morgan fingerprint density at radius 2 is 2.00 bits per heavy atom. The van der Waals surface area contributed by atoms with Crippen LogP contribution < -0.4 is 4.74 Å². The number of pyridine rings is 1. The number of carboxylic acids is 1.